The Labute approximate surface area is 219 Å². The third-order valence-electron chi connectivity index (χ3n) is 6.65. The number of rotatable bonds is 6. The van der Waals surface area contributed by atoms with E-state index in [2.05, 4.69) is 20.6 Å². The molecule has 8 nitrogen and oxygen atoms in total. The molecule has 1 atom stereocenters. The lowest BCUT2D eigenvalue weighted by atomic mass is 9.91. The molecule has 0 saturated carbocycles. The molecule has 0 radical (unpaired) electrons. The summed E-state index contributed by atoms with van der Waals surface area (Å²) in [6, 6.07) is 6.57. The number of fused-ring (bicyclic) bond motifs is 1. The standard InChI is InChI=1S/C26H30F3N5O3S/c1-14(18-9-19(26(27,28)29)11-20(10-18)34-16(3)35)31-25-22-12-21(17-5-7-38(30,36)8-6-17)24(37-4)13-23(22)32-15(2)33-25/h9-14,17,30H,5-8H2,1-4H3,(H,34,35)(H,31,32,33). The Morgan fingerprint density at radius 3 is 2.45 bits per heavy atom. The molecule has 2 aromatic carbocycles. The molecule has 0 spiro atoms. The number of nitrogens with zero attached hydrogens (tertiary/aromatic N) is 2. The maximum atomic E-state index is 13.6. The lowest BCUT2D eigenvalue weighted by Crippen LogP contribution is -2.21. The van der Waals surface area contributed by atoms with Crippen molar-refractivity contribution in [1.82, 2.24) is 9.97 Å². The SMILES string of the molecule is COc1cc2nc(C)nc(NC(C)c3cc(NC(C)=O)cc(C(F)(F)F)c3)c2cc1C1CCS(=N)(=O)CC1. The zero-order chi connectivity index (χ0) is 27.8. The number of halogens is 3. The number of hydrogen-bond acceptors (Lipinski definition) is 7. The molecule has 1 fully saturated rings. The topological polar surface area (TPSA) is 117 Å². The highest BCUT2D eigenvalue weighted by Gasteiger charge is 2.32. The predicted octanol–water partition coefficient (Wildman–Crippen LogP) is 6.02. The van der Waals surface area contributed by atoms with Crippen molar-refractivity contribution in [3.63, 3.8) is 0 Å². The molecular formula is C26H30F3N5O3S. The molecule has 3 aromatic rings. The van der Waals surface area contributed by atoms with Gasteiger partial charge in [-0.25, -0.2) is 14.2 Å². The average Bonchev–Trinajstić information content (AvgIpc) is 2.82. The second kappa shape index (κ2) is 10.4. The predicted molar refractivity (Wildman–Crippen MR) is 141 cm³/mol. The Balaban J connectivity index is 1.75. The highest BCUT2D eigenvalue weighted by atomic mass is 32.2. The lowest BCUT2D eigenvalue weighted by Gasteiger charge is -2.26. The Morgan fingerprint density at radius 1 is 1.16 bits per heavy atom. The summed E-state index contributed by atoms with van der Waals surface area (Å²) in [5.74, 6) is 1.76. The van der Waals surface area contributed by atoms with E-state index in [4.69, 9.17) is 9.52 Å². The van der Waals surface area contributed by atoms with E-state index in [0.29, 0.717) is 58.2 Å². The molecule has 0 bridgehead atoms. The first-order valence-electron chi connectivity index (χ1n) is 12.1. The quantitative estimate of drug-likeness (QED) is 0.346. The van der Waals surface area contributed by atoms with E-state index in [1.165, 1.54) is 13.0 Å². The number of alkyl halides is 3. The molecule has 4 rings (SSSR count). The number of carbonyl (C=O) groups excluding carboxylic acids is 1. The van der Waals surface area contributed by atoms with Crippen LogP contribution in [-0.4, -0.2) is 38.7 Å². The highest BCUT2D eigenvalue weighted by molar-refractivity contribution is 7.92. The first-order chi connectivity index (χ1) is 17.8. The average molecular weight is 550 g/mol. The Bertz CT molecular complexity index is 1480. The minimum Gasteiger partial charge on any atom is -0.496 e. The largest absolute Gasteiger partial charge is 0.496 e. The van der Waals surface area contributed by atoms with Crippen molar-refractivity contribution in [2.24, 2.45) is 0 Å². The number of hydrogen-bond donors (Lipinski definition) is 3. The van der Waals surface area contributed by atoms with Gasteiger partial charge in [0.1, 0.15) is 17.4 Å². The van der Waals surface area contributed by atoms with Crippen LogP contribution in [0.25, 0.3) is 10.9 Å². The van der Waals surface area contributed by atoms with Crippen LogP contribution in [0, 0.1) is 11.7 Å². The van der Waals surface area contributed by atoms with Gasteiger partial charge in [0.25, 0.3) is 0 Å². The van der Waals surface area contributed by atoms with Crippen molar-refractivity contribution in [2.75, 3.05) is 29.2 Å². The van der Waals surface area contributed by atoms with E-state index in [1.54, 1.807) is 27.0 Å². The minimum atomic E-state index is -4.59. The number of nitrogens with one attached hydrogen (secondary N) is 3. The fourth-order valence-corrected chi connectivity index (χ4v) is 6.28. The maximum absolute atomic E-state index is 13.6. The van der Waals surface area contributed by atoms with Crippen LogP contribution in [0.2, 0.25) is 0 Å². The highest BCUT2D eigenvalue weighted by Crippen LogP contribution is 2.39. The first kappa shape index (κ1) is 27.6. The Morgan fingerprint density at radius 2 is 1.84 bits per heavy atom. The molecule has 0 aliphatic carbocycles. The van der Waals surface area contributed by atoms with Crippen molar-refractivity contribution in [2.45, 2.75) is 51.7 Å². The lowest BCUT2D eigenvalue weighted by molar-refractivity contribution is -0.137. The van der Waals surface area contributed by atoms with Gasteiger partial charge in [-0.2, -0.15) is 13.2 Å². The summed E-state index contributed by atoms with van der Waals surface area (Å²) in [6.07, 6.45) is -3.41. The molecule has 1 saturated heterocycles. The molecule has 1 unspecified atom stereocenters. The summed E-state index contributed by atoms with van der Waals surface area (Å²) in [5, 5.41) is 6.34. The molecule has 1 aliphatic rings. The number of aryl methyl sites for hydroxylation is 1. The Hall–Kier alpha value is -3.41. The van der Waals surface area contributed by atoms with E-state index in [-0.39, 0.29) is 11.6 Å². The normalized spacial score (nSPS) is 20.7. The summed E-state index contributed by atoms with van der Waals surface area (Å²) in [7, 11) is -0.989. The van der Waals surface area contributed by atoms with Gasteiger partial charge in [0.2, 0.25) is 5.91 Å². The van der Waals surface area contributed by atoms with Gasteiger partial charge in [-0.05, 0) is 68.0 Å². The van der Waals surface area contributed by atoms with Gasteiger partial charge in [0.05, 0.1) is 24.2 Å². The van der Waals surface area contributed by atoms with Crippen molar-refractivity contribution < 1.29 is 26.9 Å². The minimum absolute atomic E-state index is 0.0459. The third kappa shape index (κ3) is 6.17. The van der Waals surface area contributed by atoms with Crippen molar-refractivity contribution in [1.29, 1.82) is 4.78 Å². The smallest absolute Gasteiger partial charge is 0.416 e. The molecule has 12 heteroatoms. The number of amides is 1. The van der Waals surface area contributed by atoms with E-state index in [1.807, 2.05) is 6.07 Å². The van der Waals surface area contributed by atoms with Crippen LogP contribution >= 0.6 is 0 Å². The molecule has 3 N–H and O–H groups in total. The molecular weight excluding hydrogens is 519 g/mol. The van der Waals surface area contributed by atoms with Crippen molar-refractivity contribution in [3.8, 4) is 5.75 Å². The third-order valence-corrected chi connectivity index (χ3v) is 8.44. The summed E-state index contributed by atoms with van der Waals surface area (Å²) >= 11 is 0. The van der Waals surface area contributed by atoms with Gasteiger partial charge in [-0.1, -0.05) is 0 Å². The molecule has 204 valence electrons. The zero-order valence-corrected chi connectivity index (χ0v) is 22.3. The van der Waals surface area contributed by atoms with Gasteiger partial charge in [0.15, 0.2) is 0 Å². The Kier molecular flexibility index (Phi) is 7.55. The molecule has 1 aliphatic heterocycles. The number of carbonyl (C=O) groups is 1. The van der Waals surface area contributed by atoms with Crippen LogP contribution in [0.3, 0.4) is 0 Å². The van der Waals surface area contributed by atoms with Gasteiger partial charge in [-0.3, -0.25) is 9.57 Å². The van der Waals surface area contributed by atoms with Gasteiger partial charge >= 0.3 is 6.18 Å². The van der Waals surface area contributed by atoms with E-state index in [0.717, 1.165) is 17.7 Å². The molecule has 1 aromatic heterocycles. The summed E-state index contributed by atoms with van der Waals surface area (Å²) in [4.78, 5) is 20.6. The van der Waals surface area contributed by atoms with Crippen molar-refractivity contribution in [3.05, 3.63) is 52.8 Å². The maximum Gasteiger partial charge on any atom is 0.416 e. The van der Waals surface area contributed by atoms with E-state index in [9.17, 15) is 22.2 Å². The van der Waals surface area contributed by atoms with Crippen LogP contribution < -0.4 is 15.4 Å². The number of aromatic nitrogens is 2. The van der Waals surface area contributed by atoms with E-state index < -0.39 is 33.4 Å². The molecule has 2 heterocycles. The van der Waals surface area contributed by atoms with Crippen LogP contribution in [0.15, 0.2) is 30.3 Å². The summed E-state index contributed by atoms with van der Waals surface area (Å²) in [6.45, 7) is 4.67. The second-order valence-electron chi connectivity index (χ2n) is 9.61. The number of methoxy groups -OCH3 is 1. The summed E-state index contributed by atoms with van der Waals surface area (Å²) < 4.78 is 66.5. The zero-order valence-electron chi connectivity index (χ0n) is 21.5. The molecule has 1 amide bonds. The first-order valence-corrected chi connectivity index (χ1v) is 14.0. The summed E-state index contributed by atoms with van der Waals surface area (Å²) in [5.41, 5.74) is 1.00. The van der Waals surface area contributed by atoms with Crippen LogP contribution in [0.5, 0.6) is 5.75 Å². The fraction of sp³-hybridized carbons (Fsp3) is 0.423. The monoisotopic (exact) mass is 549 g/mol. The second-order valence-corrected chi connectivity index (χ2v) is 12.1. The van der Waals surface area contributed by atoms with Gasteiger partial charge in [0, 0.05) is 45.3 Å². The van der Waals surface area contributed by atoms with Crippen molar-refractivity contribution >= 4 is 38.0 Å². The van der Waals surface area contributed by atoms with Gasteiger partial charge in [-0.15, -0.1) is 0 Å². The van der Waals surface area contributed by atoms with E-state index >= 15 is 0 Å². The number of anilines is 2. The number of ether oxygens (including phenoxy) is 1. The molecule has 38 heavy (non-hydrogen) atoms. The van der Waals surface area contributed by atoms with Gasteiger partial charge < -0.3 is 15.4 Å². The van der Waals surface area contributed by atoms with Crippen LogP contribution in [0.1, 0.15) is 61.2 Å². The number of benzene rings is 2. The fourth-order valence-electron chi connectivity index (χ4n) is 4.75. The van der Waals surface area contributed by atoms with Crippen LogP contribution in [0.4, 0.5) is 24.7 Å². The van der Waals surface area contributed by atoms with Crippen LogP contribution in [-0.2, 0) is 20.7 Å².